The predicted molar refractivity (Wildman–Crippen MR) is 69.5 cm³/mol. The number of amides is 1. The van der Waals surface area contributed by atoms with Gasteiger partial charge in [0, 0.05) is 18.1 Å². The Morgan fingerprint density at radius 3 is 2.95 bits per heavy atom. The van der Waals surface area contributed by atoms with Crippen molar-refractivity contribution in [2.75, 3.05) is 5.32 Å². The number of aromatic nitrogens is 2. The second-order valence-electron chi connectivity index (χ2n) is 3.94. The zero-order valence-corrected chi connectivity index (χ0v) is 10.1. The fraction of sp³-hybridized carbons (Fsp3) is 0.154. The van der Waals surface area contributed by atoms with Crippen molar-refractivity contribution in [2.45, 2.75) is 13.2 Å². The average Bonchev–Trinajstić information content (AvgIpc) is 2.41. The number of carbonyl (C=O) groups is 1. The number of nitrogens with one attached hydrogen (secondary N) is 1. The van der Waals surface area contributed by atoms with Gasteiger partial charge >= 0.3 is 5.69 Å². The zero-order chi connectivity index (χ0) is 13.7. The minimum atomic E-state index is -0.471. The van der Waals surface area contributed by atoms with Crippen LogP contribution in [0.3, 0.4) is 0 Å². The molecule has 1 aromatic carbocycles. The maximum absolute atomic E-state index is 11.8. The monoisotopic (exact) mass is 259 g/mol. The van der Waals surface area contributed by atoms with E-state index in [9.17, 15) is 9.59 Å². The maximum Gasteiger partial charge on any atom is 0.347 e. The number of aliphatic hydroxyl groups excluding tert-OH is 1. The lowest BCUT2D eigenvalue weighted by Gasteiger charge is -2.07. The van der Waals surface area contributed by atoms with E-state index in [0.29, 0.717) is 11.3 Å². The Labute approximate surface area is 109 Å². The van der Waals surface area contributed by atoms with Crippen molar-refractivity contribution in [3.63, 3.8) is 0 Å². The molecule has 0 saturated heterocycles. The number of hydrogen-bond acceptors (Lipinski definition) is 4. The Kier molecular flexibility index (Phi) is 4.04. The summed E-state index contributed by atoms with van der Waals surface area (Å²) in [6.45, 7) is -0.193. The van der Waals surface area contributed by atoms with Crippen molar-refractivity contribution in [1.82, 2.24) is 9.55 Å². The molecule has 98 valence electrons. The highest BCUT2D eigenvalue weighted by Crippen LogP contribution is 2.10. The molecular weight excluding hydrogens is 246 g/mol. The summed E-state index contributed by atoms with van der Waals surface area (Å²) in [5.74, 6) is -0.329. The number of rotatable bonds is 4. The number of anilines is 1. The molecule has 0 aliphatic rings. The van der Waals surface area contributed by atoms with Gasteiger partial charge < -0.3 is 10.4 Å². The van der Waals surface area contributed by atoms with Crippen LogP contribution in [0, 0.1) is 0 Å². The van der Waals surface area contributed by atoms with Crippen LogP contribution in [0.5, 0.6) is 0 Å². The van der Waals surface area contributed by atoms with E-state index in [2.05, 4.69) is 10.3 Å². The maximum atomic E-state index is 11.8. The molecule has 2 aromatic rings. The second-order valence-corrected chi connectivity index (χ2v) is 3.94. The Balaban J connectivity index is 2.05. The SMILES string of the molecule is O=C(Cn1cccnc1=O)Nc1cccc(CO)c1. The standard InChI is InChI=1S/C13H13N3O3/c17-9-10-3-1-4-11(7-10)15-12(18)8-16-6-2-5-14-13(16)19/h1-7,17H,8-9H2,(H,15,18). The van der Waals surface area contributed by atoms with Gasteiger partial charge in [-0.2, -0.15) is 0 Å². The summed E-state index contributed by atoms with van der Waals surface area (Å²) in [5, 5.41) is 11.7. The first-order chi connectivity index (χ1) is 9.19. The molecular formula is C13H13N3O3. The third kappa shape index (κ3) is 3.49. The summed E-state index contributed by atoms with van der Waals surface area (Å²) in [4.78, 5) is 26.7. The van der Waals surface area contributed by atoms with Crippen LogP contribution in [0.15, 0.2) is 47.5 Å². The summed E-state index contributed by atoms with van der Waals surface area (Å²) in [6, 6.07) is 8.45. The first kappa shape index (κ1) is 13.0. The van der Waals surface area contributed by atoms with Crippen LogP contribution in [0.4, 0.5) is 5.69 Å². The molecule has 19 heavy (non-hydrogen) atoms. The summed E-state index contributed by atoms with van der Waals surface area (Å²) in [7, 11) is 0. The fourth-order valence-corrected chi connectivity index (χ4v) is 1.61. The average molecular weight is 259 g/mol. The van der Waals surface area contributed by atoms with Gasteiger partial charge in [0.2, 0.25) is 5.91 Å². The number of hydrogen-bond donors (Lipinski definition) is 2. The van der Waals surface area contributed by atoms with E-state index < -0.39 is 5.69 Å². The quantitative estimate of drug-likeness (QED) is 0.831. The van der Waals surface area contributed by atoms with Gasteiger partial charge in [0.25, 0.3) is 0 Å². The highest BCUT2D eigenvalue weighted by Gasteiger charge is 2.05. The molecule has 6 heteroatoms. The van der Waals surface area contributed by atoms with Gasteiger partial charge in [0.15, 0.2) is 0 Å². The van der Waals surface area contributed by atoms with Gasteiger partial charge in [-0.1, -0.05) is 12.1 Å². The van der Waals surface area contributed by atoms with E-state index in [1.54, 1.807) is 30.3 Å². The molecule has 0 fully saturated rings. The first-order valence-electron chi connectivity index (χ1n) is 5.70. The summed E-state index contributed by atoms with van der Waals surface area (Å²) in [5.41, 5.74) is 0.812. The first-order valence-corrected chi connectivity index (χ1v) is 5.70. The lowest BCUT2D eigenvalue weighted by Crippen LogP contribution is -2.28. The molecule has 1 aromatic heterocycles. The van der Waals surface area contributed by atoms with E-state index >= 15 is 0 Å². The van der Waals surface area contributed by atoms with Crippen molar-refractivity contribution in [1.29, 1.82) is 0 Å². The van der Waals surface area contributed by atoms with Crippen molar-refractivity contribution in [2.24, 2.45) is 0 Å². The van der Waals surface area contributed by atoms with Crippen molar-refractivity contribution >= 4 is 11.6 Å². The van der Waals surface area contributed by atoms with E-state index in [1.165, 1.54) is 17.0 Å². The number of nitrogens with zero attached hydrogens (tertiary/aromatic N) is 2. The van der Waals surface area contributed by atoms with Gasteiger partial charge in [-0.05, 0) is 23.8 Å². The lowest BCUT2D eigenvalue weighted by atomic mass is 10.2. The zero-order valence-electron chi connectivity index (χ0n) is 10.1. The Morgan fingerprint density at radius 1 is 1.37 bits per heavy atom. The number of benzene rings is 1. The topological polar surface area (TPSA) is 84.2 Å². The second kappa shape index (κ2) is 5.92. The third-order valence-electron chi connectivity index (χ3n) is 2.49. The van der Waals surface area contributed by atoms with E-state index in [1.807, 2.05) is 0 Å². The Bertz CT molecular complexity index is 637. The fourth-order valence-electron chi connectivity index (χ4n) is 1.61. The summed E-state index contributed by atoms with van der Waals surface area (Å²) in [6.07, 6.45) is 2.88. The Hall–Kier alpha value is -2.47. The van der Waals surface area contributed by atoms with Crippen LogP contribution in [-0.2, 0) is 17.9 Å². The molecule has 0 aliphatic heterocycles. The van der Waals surface area contributed by atoms with Crippen molar-refractivity contribution in [3.05, 3.63) is 58.8 Å². The molecule has 0 saturated carbocycles. The summed E-state index contributed by atoms with van der Waals surface area (Å²) >= 11 is 0. The highest BCUT2D eigenvalue weighted by molar-refractivity contribution is 5.90. The minimum absolute atomic E-state index is 0.0915. The van der Waals surface area contributed by atoms with E-state index in [0.717, 1.165) is 0 Å². The molecule has 0 radical (unpaired) electrons. The lowest BCUT2D eigenvalue weighted by molar-refractivity contribution is -0.116. The predicted octanol–water partition coefficient (Wildman–Crippen LogP) is 0.374. The molecule has 0 aliphatic carbocycles. The highest BCUT2D eigenvalue weighted by atomic mass is 16.3. The van der Waals surface area contributed by atoms with Crippen molar-refractivity contribution < 1.29 is 9.90 Å². The molecule has 0 atom stereocenters. The van der Waals surface area contributed by atoms with Crippen LogP contribution in [-0.4, -0.2) is 20.6 Å². The molecule has 2 rings (SSSR count). The summed E-state index contributed by atoms with van der Waals surface area (Å²) < 4.78 is 1.21. The van der Waals surface area contributed by atoms with Gasteiger partial charge in [0.05, 0.1) is 6.61 Å². The van der Waals surface area contributed by atoms with Crippen LogP contribution >= 0.6 is 0 Å². The molecule has 6 nitrogen and oxygen atoms in total. The Morgan fingerprint density at radius 2 is 2.21 bits per heavy atom. The molecule has 1 heterocycles. The largest absolute Gasteiger partial charge is 0.392 e. The molecule has 1 amide bonds. The smallest absolute Gasteiger partial charge is 0.347 e. The van der Waals surface area contributed by atoms with Crippen LogP contribution in [0.2, 0.25) is 0 Å². The van der Waals surface area contributed by atoms with Crippen molar-refractivity contribution in [3.8, 4) is 0 Å². The molecule has 0 spiro atoms. The number of aliphatic hydroxyl groups is 1. The van der Waals surface area contributed by atoms with Crippen LogP contribution in [0.1, 0.15) is 5.56 Å². The third-order valence-corrected chi connectivity index (χ3v) is 2.49. The molecule has 0 unspecified atom stereocenters. The molecule has 2 N–H and O–H groups in total. The molecule has 0 bridgehead atoms. The van der Waals surface area contributed by atoms with E-state index in [-0.39, 0.29) is 19.1 Å². The minimum Gasteiger partial charge on any atom is -0.392 e. The van der Waals surface area contributed by atoms with E-state index in [4.69, 9.17) is 5.11 Å². The van der Waals surface area contributed by atoms with Crippen LogP contribution in [0.25, 0.3) is 0 Å². The van der Waals surface area contributed by atoms with Gasteiger partial charge in [-0.3, -0.25) is 9.36 Å². The van der Waals surface area contributed by atoms with Gasteiger partial charge in [-0.25, -0.2) is 9.78 Å². The van der Waals surface area contributed by atoms with Gasteiger partial charge in [0.1, 0.15) is 6.54 Å². The number of carbonyl (C=O) groups excluding carboxylic acids is 1. The normalized spacial score (nSPS) is 10.2. The van der Waals surface area contributed by atoms with Crippen LogP contribution < -0.4 is 11.0 Å². The van der Waals surface area contributed by atoms with Gasteiger partial charge in [-0.15, -0.1) is 0 Å².